The summed E-state index contributed by atoms with van der Waals surface area (Å²) in [5, 5.41) is 11.5. The number of ether oxygens (including phenoxy) is 1. The summed E-state index contributed by atoms with van der Waals surface area (Å²) in [6, 6.07) is 17.1. The van der Waals surface area contributed by atoms with Gasteiger partial charge < -0.3 is 9.84 Å². The molecule has 19 heavy (non-hydrogen) atoms. The molecule has 3 heteroatoms. The average molecular weight is 277 g/mol. The maximum Gasteiger partial charge on any atom is 0.117 e. The molecule has 2 nitrogen and oxygen atoms in total. The van der Waals surface area contributed by atoms with Crippen LogP contribution in [0.3, 0.4) is 0 Å². The van der Waals surface area contributed by atoms with E-state index >= 15 is 0 Å². The molecule has 0 aromatic heterocycles. The molecule has 0 heterocycles. The first-order valence-corrected chi connectivity index (χ1v) is 6.53. The van der Waals surface area contributed by atoms with Crippen LogP contribution in [0, 0.1) is 0 Å². The van der Waals surface area contributed by atoms with E-state index in [1.165, 1.54) is 0 Å². The molecule has 0 saturated heterocycles. The van der Waals surface area contributed by atoms with Gasteiger partial charge in [-0.2, -0.15) is 0 Å². The van der Waals surface area contributed by atoms with Crippen LogP contribution in [-0.2, 0) is 16.8 Å². The van der Waals surface area contributed by atoms with Crippen LogP contribution >= 0.6 is 11.6 Å². The van der Waals surface area contributed by atoms with Gasteiger partial charge in [0.25, 0.3) is 0 Å². The zero-order valence-electron chi connectivity index (χ0n) is 10.8. The van der Waals surface area contributed by atoms with E-state index in [1.54, 1.807) is 7.11 Å². The number of hydrogen-bond donors (Lipinski definition) is 1. The Labute approximate surface area is 118 Å². The molecule has 0 aliphatic carbocycles. The zero-order chi connectivity index (χ0) is 13.7. The van der Waals surface area contributed by atoms with E-state index in [2.05, 4.69) is 0 Å². The summed E-state index contributed by atoms with van der Waals surface area (Å²) in [6.07, 6.45) is 0.464. The molecule has 0 saturated carbocycles. The van der Waals surface area contributed by atoms with Gasteiger partial charge in [0.2, 0.25) is 0 Å². The van der Waals surface area contributed by atoms with Gasteiger partial charge in [0.05, 0.1) is 6.61 Å². The van der Waals surface area contributed by atoms with Crippen molar-refractivity contribution >= 4 is 11.6 Å². The standard InChI is InChI=1S/C16H17ClO2/c1-19-12-16(18,14-7-3-2-4-8-14)11-13-6-5-9-15(17)10-13/h2-10,18H,11-12H2,1H3. The third kappa shape index (κ3) is 3.57. The van der Waals surface area contributed by atoms with Crippen molar-refractivity contribution in [1.29, 1.82) is 0 Å². The van der Waals surface area contributed by atoms with Crippen LogP contribution in [0.4, 0.5) is 0 Å². The van der Waals surface area contributed by atoms with E-state index in [0.29, 0.717) is 11.4 Å². The zero-order valence-corrected chi connectivity index (χ0v) is 11.6. The molecule has 0 spiro atoms. The number of hydrogen-bond acceptors (Lipinski definition) is 2. The van der Waals surface area contributed by atoms with E-state index in [4.69, 9.17) is 16.3 Å². The lowest BCUT2D eigenvalue weighted by atomic mass is 9.88. The molecule has 100 valence electrons. The molecule has 2 rings (SSSR count). The van der Waals surface area contributed by atoms with Gasteiger partial charge in [-0.25, -0.2) is 0 Å². The van der Waals surface area contributed by atoms with Gasteiger partial charge in [-0.3, -0.25) is 0 Å². The Morgan fingerprint density at radius 3 is 2.47 bits per heavy atom. The predicted molar refractivity (Wildman–Crippen MR) is 77.4 cm³/mol. The fourth-order valence-corrected chi connectivity index (χ4v) is 2.42. The van der Waals surface area contributed by atoms with Crippen molar-refractivity contribution in [1.82, 2.24) is 0 Å². The van der Waals surface area contributed by atoms with Gasteiger partial charge in [-0.15, -0.1) is 0 Å². The van der Waals surface area contributed by atoms with Crippen LogP contribution in [0.1, 0.15) is 11.1 Å². The molecular formula is C16H17ClO2. The van der Waals surface area contributed by atoms with Crippen LogP contribution in [-0.4, -0.2) is 18.8 Å². The molecule has 0 bridgehead atoms. The molecule has 0 aliphatic heterocycles. The highest BCUT2D eigenvalue weighted by molar-refractivity contribution is 6.30. The highest BCUT2D eigenvalue weighted by atomic mass is 35.5. The highest BCUT2D eigenvalue weighted by Gasteiger charge is 2.29. The number of halogens is 1. The predicted octanol–water partition coefficient (Wildman–Crippen LogP) is 3.42. The Bertz CT molecular complexity index is 527. The minimum atomic E-state index is -1.04. The summed E-state index contributed by atoms with van der Waals surface area (Å²) in [7, 11) is 1.59. The monoisotopic (exact) mass is 276 g/mol. The topological polar surface area (TPSA) is 29.5 Å². The lowest BCUT2D eigenvalue weighted by molar-refractivity contribution is -0.0355. The molecule has 2 aromatic rings. The Hall–Kier alpha value is -1.35. The van der Waals surface area contributed by atoms with Gasteiger partial charge in [0.1, 0.15) is 5.60 Å². The first-order valence-electron chi connectivity index (χ1n) is 6.15. The second-order valence-corrected chi connectivity index (χ2v) is 5.07. The molecule has 0 aliphatic rings. The van der Waals surface area contributed by atoms with E-state index in [-0.39, 0.29) is 6.61 Å². The van der Waals surface area contributed by atoms with Crippen LogP contribution in [0.25, 0.3) is 0 Å². The Morgan fingerprint density at radius 2 is 1.84 bits per heavy atom. The van der Waals surface area contributed by atoms with Crippen molar-refractivity contribution < 1.29 is 9.84 Å². The summed E-state index contributed by atoms with van der Waals surface area (Å²) in [4.78, 5) is 0. The summed E-state index contributed by atoms with van der Waals surface area (Å²) in [5.41, 5.74) is 0.786. The SMILES string of the molecule is COCC(O)(Cc1cccc(Cl)c1)c1ccccc1. The molecule has 1 atom stereocenters. The Balaban J connectivity index is 2.30. The second kappa shape index (κ2) is 6.20. The van der Waals surface area contributed by atoms with Crippen LogP contribution in [0.5, 0.6) is 0 Å². The van der Waals surface area contributed by atoms with Gasteiger partial charge >= 0.3 is 0 Å². The van der Waals surface area contributed by atoms with Crippen LogP contribution in [0.15, 0.2) is 54.6 Å². The Morgan fingerprint density at radius 1 is 1.11 bits per heavy atom. The summed E-state index contributed by atoms with van der Waals surface area (Å²) in [6.45, 7) is 0.240. The molecule has 2 aromatic carbocycles. The third-order valence-electron chi connectivity index (χ3n) is 3.08. The minimum absolute atomic E-state index is 0.240. The Kier molecular flexibility index (Phi) is 4.59. The van der Waals surface area contributed by atoms with Crippen molar-refractivity contribution in [3.05, 3.63) is 70.7 Å². The lowest BCUT2D eigenvalue weighted by Crippen LogP contribution is -2.33. The van der Waals surface area contributed by atoms with Crippen molar-refractivity contribution in [2.75, 3.05) is 13.7 Å². The molecule has 1 N–H and O–H groups in total. The van der Waals surface area contributed by atoms with E-state index in [0.717, 1.165) is 11.1 Å². The average Bonchev–Trinajstić information content (AvgIpc) is 2.40. The number of benzene rings is 2. The molecule has 1 unspecified atom stereocenters. The van der Waals surface area contributed by atoms with Gasteiger partial charge in [-0.05, 0) is 23.3 Å². The van der Waals surface area contributed by atoms with Crippen molar-refractivity contribution in [2.45, 2.75) is 12.0 Å². The van der Waals surface area contributed by atoms with Crippen LogP contribution < -0.4 is 0 Å². The first kappa shape index (κ1) is 14.1. The van der Waals surface area contributed by atoms with E-state index < -0.39 is 5.60 Å². The fraction of sp³-hybridized carbons (Fsp3) is 0.250. The summed E-state index contributed by atoms with van der Waals surface area (Å²) >= 11 is 5.98. The van der Waals surface area contributed by atoms with Crippen molar-refractivity contribution in [3.8, 4) is 0 Å². The second-order valence-electron chi connectivity index (χ2n) is 4.64. The highest BCUT2D eigenvalue weighted by Crippen LogP contribution is 2.27. The summed E-state index contributed by atoms with van der Waals surface area (Å²) < 4.78 is 5.18. The fourth-order valence-electron chi connectivity index (χ4n) is 2.21. The first-order chi connectivity index (χ1) is 9.14. The quantitative estimate of drug-likeness (QED) is 0.907. The smallest absolute Gasteiger partial charge is 0.117 e. The minimum Gasteiger partial charge on any atom is -0.382 e. The summed E-state index contributed by atoms with van der Waals surface area (Å²) in [5.74, 6) is 0. The maximum atomic E-state index is 10.9. The van der Waals surface area contributed by atoms with E-state index in [1.807, 2.05) is 54.6 Å². The van der Waals surface area contributed by atoms with Gasteiger partial charge in [-0.1, -0.05) is 54.1 Å². The van der Waals surface area contributed by atoms with E-state index in [9.17, 15) is 5.11 Å². The number of aliphatic hydroxyl groups is 1. The number of rotatable bonds is 5. The van der Waals surface area contributed by atoms with Crippen molar-refractivity contribution in [3.63, 3.8) is 0 Å². The molecule has 0 fully saturated rings. The molecular weight excluding hydrogens is 260 g/mol. The largest absolute Gasteiger partial charge is 0.382 e. The lowest BCUT2D eigenvalue weighted by Gasteiger charge is -2.28. The normalized spacial score (nSPS) is 14.1. The van der Waals surface area contributed by atoms with Crippen LogP contribution in [0.2, 0.25) is 5.02 Å². The van der Waals surface area contributed by atoms with Gasteiger partial charge in [0, 0.05) is 18.6 Å². The maximum absolute atomic E-state index is 10.9. The number of methoxy groups -OCH3 is 1. The molecule has 0 radical (unpaired) electrons. The molecule has 0 amide bonds. The third-order valence-corrected chi connectivity index (χ3v) is 3.31. The van der Waals surface area contributed by atoms with Gasteiger partial charge in [0.15, 0.2) is 0 Å². The van der Waals surface area contributed by atoms with Crippen molar-refractivity contribution in [2.24, 2.45) is 0 Å².